The molecule has 0 radical (unpaired) electrons. The van der Waals surface area contributed by atoms with Crippen molar-refractivity contribution in [2.75, 3.05) is 13.7 Å². The van der Waals surface area contributed by atoms with Gasteiger partial charge in [-0.3, -0.25) is 4.79 Å². The second-order valence-electron chi connectivity index (χ2n) is 3.89. The molecular formula is C12H12I3NO4. The van der Waals surface area contributed by atoms with Crippen LogP contribution in [0.3, 0.4) is 0 Å². The molecule has 0 aliphatic heterocycles. The van der Waals surface area contributed by atoms with E-state index >= 15 is 0 Å². The number of hydrogen-bond acceptors (Lipinski definition) is 3. The number of carbonyl (C=O) groups is 2. The molecule has 8 heteroatoms. The molecule has 0 aliphatic rings. The molecule has 0 saturated heterocycles. The average Bonchev–Trinajstić information content (AvgIpc) is 2.38. The number of amides is 1. The van der Waals surface area contributed by atoms with Gasteiger partial charge in [-0.25, -0.2) is 4.79 Å². The maximum Gasteiger partial charge on any atom is 0.326 e. The third-order valence-electron chi connectivity index (χ3n) is 2.45. The maximum atomic E-state index is 12.2. The summed E-state index contributed by atoms with van der Waals surface area (Å²) in [5, 5.41) is 11.6. The van der Waals surface area contributed by atoms with Crippen molar-refractivity contribution in [3.63, 3.8) is 0 Å². The minimum Gasteiger partial charge on any atom is -0.480 e. The summed E-state index contributed by atoms with van der Waals surface area (Å²) in [5.74, 6) is -1.44. The van der Waals surface area contributed by atoms with E-state index in [0.29, 0.717) is 5.56 Å². The van der Waals surface area contributed by atoms with Crippen LogP contribution < -0.4 is 5.32 Å². The highest BCUT2D eigenvalue weighted by atomic mass is 127. The number of carboxylic acid groups (broad SMARTS) is 1. The van der Waals surface area contributed by atoms with Crippen molar-refractivity contribution in [2.45, 2.75) is 12.5 Å². The Balaban J connectivity index is 2.92. The molecule has 0 fully saturated rings. The number of rotatable bonds is 6. The Morgan fingerprint density at radius 3 is 2.55 bits per heavy atom. The van der Waals surface area contributed by atoms with E-state index in [1.807, 2.05) is 6.07 Å². The molecule has 0 heterocycles. The van der Waals surface area contributed by atoms with Crippen molar-refractivity contribution >= 4 is 79.6 Å². The smallest absolute Gasteiger partial charge is 0.326 e. The van der Waals surface area contributed by atoms with Crippen LogP contribution in [0.15, 0.2) is 12.1 Å². The number of carbonyl (C=O) groups excluding carboxylic acids is 1. The molecule has 0 aliphatic carbocycles. The molecule has 0 aromatic heterocycles. The summed E-state index contributed by atoms with van der Waals surface area (Å²) in [4.78, 5) is 23.3. The van der Waals surface area contributed by atoms with Crippen LogP contribution in [0.1, 0.15) is 16.8 Å². The highest BCUT2D eigenvalue weighted by Gasteiger charge is 2.22. The molecule has 5 nitrogen and oxygen atoms in total. The van der Waals surface area contributed by atoms with E-state index in [4.69, 9.17) is 9.84 Å². The third kappa shape index (κ3) is 5.26. The molecule has 0 spiro atoms. The number of nitrogens with one attached hydrogen (secondary N) is 1. The first-order valence-corrected chi connectivity index (χ1v) is 8.77. The second kappa shape index (κ2) is 8.68. The summed E-state index contributed by atoms with van der Waals surface area (Å²) in [6.45, 7) is 0.276. The van der Waals surface area contributed by atoms with Crippen molar-refractivity contribution in [1.29, 1.82) is 0 Å². The standard InChI is InChI=1S/C12H12I3NO4/c1-20-3-2-9(12(18)19)16-11(17)7-4-6(13)5-8(14)10(7)15/h4-5,9H,2-3H2,1H3,(H,16,17)(H,18,19). The number of carboxylic acids is 1. The summed E-state index contributed by atoms with van der Waals surface area (Å²) < 4.78 is 7.56. The molecule has 1 amide bonds. The first-order chi connectivity index (χ1) is 9.36. The van der Waals surface area contributed by atoms with Crippen molar-refractivity contribution < 1.29 is 19.4 Å². The van der Waals surface area contributed by atoms with E-state index in [1.54, 1.807) is 6.07 Å². The van der Waals surface area contributed by atoms with Crippen LogP contribution in [-0.4, -0.2) is 36.7 Å². The quantitative estimate of drug-likeness (QED) is 0.382. The van der Waals surface area contributed by atoms with Crippen LogP contribution in [0.2, 0.25) is 0 Å². The van der Waals surface area contributed by atoms with Crippen LogP contribution in [0.25, 0.3) is 0 Å². The Hall–Kier alpha value is 0.310. The van der Waals surface area contributed by atoms with Gasteiger partial charge in [0.05, 0.1) is 5.56 Å². The van der Waals surface area contributed by atoms with Gasteiger partial charge in [0.15, 0.2) is 0 Å². The van der Waals surface area contributed by atoms with E-state index in [1.165, 1.54) is 7.11 Å². The Morgan fingerprint density at radius 1 is 1.35 bits per heavy atom. The van der Waals surface area contributed by atoms with Crippen molar-refractivity contribution in [1.82, 2.24) is 5.32 Å². The molecule has 20 heavy (non-hydrogen) atoms. The Morgan fingerprint density at radius 2 is 2.00 bits per heavy atom. The molecule has 0 bridgehead atoms. The van der Waals surface area contributed by atoms with Gasteiger partial charge in [0, 0.05) is 30.8 Å². The van der Waals surface area contributed by atoms with Crippen LogP contribution in [0, 0.1) is 10.7 Å². The normalized spacial score (nSPS) is 12.0. The molecule has 2 N–H and O–H groups in total. The number of benzene rings is 1. The van der Waals surface area contributed by atoms with Gasteiger partial charge in [0.25, 0.3) is 5.91 Å². The van der Waals surface area contributed by atoms with Gasteiger partial charge in [0.1, 0.15) is 6.04 Å². The van der Waals surface area contributed by atoms with Gasteiger partial charge < -0.3 is 15.2 Å². The largest absolute Gasteiger partial charge is 0.480 e. The van der Waals surface area contributed by atoms with Crippen LogP contribution in [0.4, 0.5) is 0 Å². The summed E-state index contributed by atoms with van der Waals surface area (Å²) in [7, 11) is 1.49. The summed E-state index contributed by atoms with van der Waals surface area (Å²) in [6.07, 6.45) is 0.231. The first-order valence-electron chi connectivity index (χ1n) is 5.54. The average molecular weight is 615 g/mol. The fraction of sp³-hybridized carbons (Fsp3) is 0.333. The van der Waals surface area contributed by atoms with E-state index in [9.17, 15) is 9.59 Å². The predicted octanol–water partition coefficient (Wildman–Crippen LogP) is 2.72. The van der Waals surface area contributed by atoms with Crippen molar-refractivity contribution in [3.8, 4) is 0 Å². The summed E-state index contributed by atoms with van der Waals surface area (Å²) >= 11 is 6.36. The highest BCUT2D eigenvalue weighted by Crippen LogP contribution is 2.23. The number of aliphatic carboxylic acids is 1. The third-order valence-corrected chi connectivity index (χ3v) is 6.12. The van der Waals surface area contributed by atoms with Crippen molar-refractivity contribution in [3.05, 3.63) is 28.4 Å². The van der Waals surface area contributed by atoms with E-state index in [2.05, 4.69) is 73.1 Å². The van der Waals surface area contributed by atoms with E-state index in [-0.39, 0.29) is 18.9 Å². The molecular weight excluding hydrogens is 603 g/mol. The second-order valence-corrected chi connectivity index (χ2v) is 7.38. The lowest BCUT2D eigenvalue weighted by atomic mass is 10.1. The van der Waals surface area contributed by atoms with Crippen LogP contribution >= 0.6 is 67.8 Å². The zero-order chi connectivity index (χ0) is 15.3. The van der Waals surface area contributed by atoms with E-state index in [0.717, 1.165) is 10.7 Å². The molecule has 1 rings (SSSR count). The summed E-state index contributed by atoms with van der Waals surface area (Å²) in [6, 6.07) is 2.75. The zero-order valence-electron chi connectivity index (χ0n) is 10.5. The van der Waals surface area contributed by atoms with Crippen LogP contribution in [-0.2, 0) is 9.53 Å². The topological polar surface area (TPSA) is 75.6 Å². The SMILES string of the molecule is COCCC(NC(=O)c1cc(I)cc(I)c1I)C(=O)O. The minimum absolute atomic E-state index is 0.231. The highest BCUT2D eigenvalue weighted by molar-refractivity contribution is 14.1. The number of halogens is 3. The number of ether oxygens (including phenoxy) is 1. The first kappa shape index (κ1) is 18.4. The van der Waals surface area contributed by atoms with Gasteiger partial charge in [-0.05, 0) is 79.9 Å². The lowest BCUT2D eigenvalue weighted by Crippen LogP contribution is -2.41. The van der Waals surface area contributed by atoms with Crippen LogP contribution in [0.5, 0.6) is 0 Å². The molecule has 1 aromatic carbocycles. The Bertz CT molecular complexity index is 522. The van der Waals surface area contributed by atoms with Gasteiger partial charge in [-0.1, -0.05) is 0 Å². The lowest BCUT2D eigenvalue weighted by molar-refractivity contribution is -0.139. The molecule has 0 saturated carbocycles. The Labute approximate surface area is 157 Å². The molecule has 1 atom stereocenters. The molecule has 1 aromatic rings. The van der Waals surface area contributed by atoms with Gasteiger partial charge in [-0.2, -0.15) is 0 Å². The predicted molar refractivity (Wildman–Crippen MR) is 100.0 cm³/mol. The fourth-order valence-electron chi connectivity index (χ4n) is 1.45. The molecule has 1 unspecified atom stereocenters. The van der Waals surface area contributed by atoms with E-state index < -0.39 is 12.0 Å². The van der Waals surface area contributed by atoms with Gasteiger partial charge in [-0.15, -0.1) is 0 Å². The fourth-order valence-corrected chi connectivity index (χ4v) is 3.85. The zero-order valence-corrected chi connectivity index (χ0v) is 16.9. The number of hydrogen-bond donors (Lipinski definition) is 2. The van der Waals surface area contributed by atoms with Gasteiger partial charge in [0.2, 0.25) is 0 Å². The van der Waals surface area contributed by atoms with Crippen molar-refractivity contribution in [2.24, 2.45) is 0 Å². The minimum atomic E-state index is -1.06. The van der Waals surface area contributed by atoms with Gasteiger partial charge >= 0.3 is 5.97 Å². The monoisotopic (exact) mass is 615 g/mol. The Kier molecular flexibility index (Phi) is 7.97. The summed E-state index contributed by atoms with van der Waals surface area (Å²) in [5.41, 5.74) is 0.491. The molecule has 110 valence electrons. The maximum absolute atomic E-state index is 12.2. The number of methoxy groups -OCH3 is 1. The lowest BCUT2D eigenvalue weighted by Gasteiger charge is -2.15.